The number of hydrogen-bond donors (Lipinski definition) is 1. The molecule has 8 heteroatoms. The van der Waals surface area contributed by atoms with Crippen molar-refractivity contribution in [2.75, 3.05) is 0 Å². The number of aromatic nitrogens is 2. The van der Waals surface area contributed by atoms with Gasteiger partial charge in [-0.25, -0.2) is 14.4 Å². The van der Waals surface area contributed by atoms with Gasteiger partial charge in [0.15, 0.2) is 0 Å². The molecule has 1 heterocycles. The predicted molar refractivity (Wildman–Crippen MR) is 125 cm³/mol. The highest BCUT2D eigenvalue weighted by Crippen LogP contribution is 2.33. The van der Waals surface area contributed by atoms with Crippen LogP contribution < -0.4 is 4.74 Å². The molecule has 5 aromatic rings. The van der Waals surface area contributed by atoms with Gasteiger partial charge in [-0.2, -0.15) is 0 Å². The minimum Gasteiger partial charge on any atom is -0.508 e. The largest absolute Gasteiger partial charge is 0.508 e. The molecule has 0 bridgehead atoms. The van der Waals surface area contributed by atoms with Crippen molar-refractivity contribution in [1.29, 1.82) is 0 Å². The first kappa shape index (κ1) is 21.0. The number of phenols is 1. The van der Waals surface area contributed by atoms with Gasteiger partial charge in [0.1, 0.15) is 23.1 Å². The summed E-state index contributed by atoms with van der Waals surface area (Å²) in [5.41, 5.74) is 3.16. The minimum absolute atomic E-state index is 0.0876. The van der Waals surface area contributed by atoms with Gasteiger partial charge in [-0.3, -0.25) is 10.1 Å². The topological polar surface area (TPSA) is 98.4 Å². The lowest BCUT2D eigenvalue weighted by Gasteiger charge is -2.12. The average molecular weight is 453 g/mol. The Hall–Kier alpha value is -4.85. The third-order valence-corrected chi connectivity index (χ3v) is 5.18. The molecule has 7 nitrogen and oxygen atoms in total. The number of nitrogens with zero attached hydrogens (tertiary/aromatic N) is 3. The molecule has 1 N–H and O–H groups in total. The Morgan fingerprint density at radius 1 is 0.735 bits per heavy atom. The number of ether oxygens (including phenoxy) is 1. The summed E-state index contributed by atoms with van der Waals surface area (Å²) in [7, 11) is 0. The molecule has 34 heavy (non-hydrogen) atoms. The summed E-state index contributed by atoms with van der Waals surface area (Å²) in [5, 5.41) is 20.6. The lowest BCUT2D eigenvalue weighted by atomic mass is 10.0. The zero-order valence-electron chi connectivity index (χ0n) is 17.6. The van der Waals surface area contributed by atoms with Crippen LogP contribution in [0.15, 0.2) is 91.0 Å². The maximum Gasteiger partial charge on any atom is 0.271 e. The highest BCUT2D eigenvalue weighted by atomic mass is 19.1. The van der Waals surface area contributed by atoms with E-state index in [0.717, 1.165) is 5.56 Å². The molecule has 5 rings (SSSR count). The van der Waals surface area contributed by atoms with Crippen LogP contribution in [0.1, 0.15) is 0 Å². The monoisotopic (exact) mass is 453 g/mol. The number of aromatic hydroxyl groups is 1. The van der Waals surface area contributed by atoms with Crippen molar-refractivity contribution in [2.24, 2.45) is 0 Å². The van der Waals surface area contributed by atoms with Gasteiger partial charge >= 0.3 is 0 Å². The molecule has 1 aromatic heterocycles. The Bertz CT molecular complexity index is 1500. The van der Waals surface area contributed by atoms with Crippen LogP contribution in [0.4, 0.5) is 10.1 Å². The van der Waals surface area contributed by atoms with Crippen molar-refractivity contribution in [3.8, 4) is 39.8 Å². The molecule has 0 saturated carbocycles. The second kappa shape index (κ2) is 8.59. The lowest BCUT2D eigenvalue weighted by Crippen LogP contribution is -1.97. The van der Waals surface area contributed by atoms with E-state index in [4.69, 9.17) is 9.72 Å². The van der Waals surface area contributed by atoms with E-state index in [0.29, 0.717) is 39.5 Å². The molecule has 0 aliphatic rings. The van der Waals surface area contributed by atoms with E-state index in [1.54, 1.807) is 42.5 Å². The average Bonchev–Trinajstić information content (AvgIpc) is 2.85. The molecule has 0 saturated heterocycles. The highest BCUT2D eigenvalue weighted by Gasteiger charge is 2.16. The molecule has 0 atom stereocenters. The molecule has 166 valence electrons. The number of halogens is 1. The first-order chi connectivity index (χ1) is 16.5. The molecule has 0 radical (unpaired) electrons. The van der Waals surface area contributed by atoms with Crippen molar-refractivity contribution in [2.45, 2.75) is 0 Å². The standard InChI is InChI=1S/C26H16FN3O4/c27-18-5-1-16(2-6-18)26-25(28-23-14-7-19(30(32)33)15-24(23)29-26)17-3-10-21(11-4-17)34-22-12-8-20(31)9-13-22/h1-15,31H. The fourth-order valence-corrected chi connectivity index (χ4v) is 3.50. The fourth-order valence-electron chi connectivity index (χ4n) is 3.50. The Labute approximate surface area is 192 Å². The Balaban J connectivity index is 1.58. The summed E-state index contributed by atoms with van der Waals surface area (Å²) in [6.07, 6.45) is 0. The number of fused-ring (bicyclic) bond motifs is 1. The Morgan fingerprint density at radius 3 is 1.85 bits per heavy atom. The van der Waals surface area contributed by atoms with Crippen LogP contribution in [0.3, 0.4) is 0 Å². The van der Waals surface area contributed by atoms with E-state index in [1.807, 2.05) is 12.1 Å². The fraction of sp³-hybridized carbons (Fsp3) is 0. The summed E-state index contributed by atoms with van der Waals surface area (Å²) >= 11 is 0. The van der Waals surface area contributed by atoms with Gasteiger partial charge in [0.05, 0.1) is 27.3 Å². The van der Waals surface area contributed by atoms with Crippen LogP contribution in [0.25, 0.3) is 33.5 Å². The van der Waals surface area contributed by atoms with Gasteiger partial charge in [0.2, 0.25) is 0 Å². The van der Waals surface area contributed by atoms with E-state index in [2.05, 4.69) is 4.98 Å². The van der Waals surface area contributed by atoms with E-state index < -0.39 is 4.92 Å². The molecule has 0 amide bonds. The predicted octanol–water partition coefficient (Wildman–Crippen LogP) is 6.51. The van der Waals surface area contributed by atoms with E-state index in [-0.39, 0.29) is 17.3 Å². The number of phenolic OH excluding ortho intramolecular Hbond substituents is 1. The maximum absolute atomic E-state index is 13.5. The molecule has 0 aliphatic carbocycles. The number of nitro benzene ring substituents is 1. The van der Waals surface area contributed by atoms with Crippen molar-refractivity contribution in [1.82, 2.24) is 9.97 Å². The third kappa shape index (κ3) is 4.24. The zero-order valence-corrected chi connectivity index (χ0v) is 17.6. The van der Waals surface area contributed by atoms with Gasteiger partial charge in [0, 0.05) is 23.3 Å². The second-order valence-electron chi connectivity index (χ2n) is 7.48. The van der Waals surface area contributed by atoms with Crippen molar-refractivity contribution < 1.29 is 19.2 Å². The van der Waals surface area contributed by atoms with Crippen LogP contribution >= 0.6 is 0 Å². The third-order valence-electron chi connectivity index (χ3n) is 5.18. The van der Waals surface area contributed by atoms with E-state index >= 15 is 0 Å². The molecule has 0 fully saturated rings. The molecule has 0 aliphatic heterocycles. The van der Waals surface area contributed by atoms with Gasteiger partial charge in [0.25, 0.3) is 5.69 Å². The second-order valence-corrected chi connectivity index (χ2v) is 7.48. The summed E-state index contributed by atoms with van der Waals surface area (Å²) in [6, 6.07) is 23.7. The number of benzene rings is 4. The van der Waals surface area contributed by atoms with E-state index in [9.17, 15) is 19.6 Å². The lowest BCUT2D eigenvalue weighted by molar-refractivity contribution is -0.384. The van der Waals surface area contributed by atoms with Crippen LogP contribution in [0, 0.1) is 15.9 Å². The van der Waals surface area contributed by atoms with Crippen molar-refractivity contribution >= 4 is 16.7 Å². The molecule has 4 aromatic carbocycles. The summed E-state index contributed by atoms with van der Waals surface area (Å²) in [6.45, 7) is 0. The first-order valence-corrected chi connectivity index (χ1v) is 10.3. The molecular formula is C26H16FN3O4. The normalized spacial score (nSPS) is 10.9. The van der Waals surface area contributed by atoms with Crippen molar-refractivity contribution in [3.05, 3.63) is 107 Å². The minimum atomic E-state index is -0.487. The number of non-ortho nitro benzene ring substituents is 1. The van der Waals surface area contributed by atoms with Gasteiger partial charge < -0.3 is 9.84 Å². The van der Waals surface area contributed by atoms with Gasteiger partial charge in [-0.15, -0.1) is 0 Å². The number of nitro groups is 1. The molecular weight excluding hydrogens is 437 g/mol. The van der Waals surface area contributed by atoms with Crippen LogP contribution in [0.2, 0.25) is 0 Å². The SMILES string of the molecule is O=[N+]([O-])c1ccc2nc(-c3ccc(Oc4ccc(O)cc4)cc3)c(-c3ccc(F)cc3)nc2c1. The zero-order chi connectivity index (χ0) is 23.7. The number of hydrogen-bond acceptors (Lipinski definition) is 6. The highest BCUT2D eigenvalue weighted by molar-refractivity contribution is 5.87. The summed E-state index contributed by atoms with van der Waals surface area (Å²) in [4.78, 5) is 20.1. The summed E-state index contributed by atoms with van der Waals surface area (Å²) < 4.78 is 19.3. The molecule has 0 spiro atoms. The first-order valence-electron chi connectivity index (χ1n) is 10.3. The van der Waals surface area contributed by atoms with Crippen LogP contribution in [-0.4, -0.2) is 20.0 Å². The van der Waals surface area contributed by atoms with Crippen LogP contribution in [0.5, 0.6) is 17.2 Å². The van der Waals surface area contributed by atoms with Crippen molar-refractivity contribution in [3.63, 3.8) is 0 Å². The van der Waals surface area contributed by atoms with Crippen LogP contribution in [-0.2, 0) is 0 Å². The van der Waals surface area contributed by atoms with E-state index in [1.165, 1.54) is 36.4 Å². The van der Waals surface area contributed by atoms with Gasteiger partial charge in [-0.05, 0) is 78.9 Å². The van der Waals surface area contributed by atoms with Gasteiger partial charge in [-0.1, -0.05) is 0 Å². The Kier molecular flexibility index (Phi) is 5.31. The summed E-state index contributed by atoms with van der Waals surface area (Å²) in [5.74, 6) is 0.924. The molecule has 0 unspecified atom stereocenters. The smallest absolute Gasteiger partial charge is 0.271 e. The number of rotatable bonds is 5. The Morgan fingerprint density at radius 2 is 1.26 bits per heavy atom. The quantitative estimate of drug-likeness (QED) is 0.241. The maximum atomic E-state index is 13.5.